The predicted octanol–water partition coefficient (Wildman–Crippen LogP) is 17.5. The van der Waals surface area contributed by atoms with Crippen molar-refractivity contribution in [2.45, 2.75) is 0 Å². The number of nitrogens with zero attached hydrogens (tertiary/aromatic N) is 2. The maximum Gasteiger partial charge on any atom is 0.143 e. The van der Waals surface area contributed by atoms with E-state index in [0.717, 1.165) is 66.8 Å². The van der Waals surface area contributed by atoms with Crippen LogP contribution < -0.4 is 4.90 Å². The van der Waals surface area contributed by atoms with Gasteiger partial charge in [0.1, 0.15) is 11.2 Å². The van der Waals surface area contributed by atoms with Crippen LogP contribution >= 0.6 is 0 Å². The third-order valence-corrected chi connectivity index (χ3v) is 13.2. The monoisotopic (exact) mass is 828 g/mol. The minimum atomic E-state index is 0.895. The maximum atomic E-state index is 6.56. The van der Waals surface area contributed by atoms with Crippen molar-refractivity contribution in [3.05, 3.63) is 243 Å². The summed E-state index contributed by atoms with van der Waals surface area (Å²) in [7, 11) is 0. The number of rotatable bonds is 7. The van der Waals surface area contributed by atoms with Gasteiger partial charge in [-0.05, 0) is 128 Å². The molecule has 304 valence electrons. The van der Waals surface area contributed by atoms with E-state index >= 15 is 0 Å². The molecule has 0 atom stereocenters. The van der Waals surface area contributed by atoms with Gasteiger partial charge in [-0.2, -0.15) is 0 Å². The Morgan fingerprint density at radius 1 is 0.308 bits per heavy atom. The second-order valence-electron chi connectivity index (χ2n) is 16.9. The van der Waals surface area contributed by atoms with Gasteiger partial charge in [-0.1, -0.05) is 164 Å². The highest BCUT2D eigenvalue weighted by Gasteiger charge is 2.17. The first-order valence-corrected chi connectivity index (χ1v) is 22.2. The minimum Gasteiger partial charge on any atom is -0.455 e. The minimum absolute atomic E-state index is 0.895. The average Bonchev–Trinajstić information content (AvgIpc) is 3.93. The molecule has 0 saturated heterocycles. The van der Waals surface area contributed by atoms with Gasteiger partial charge in [-0.25, -0.2) is 0 Å². The van der Waals surface area contributed by atoms with E-state index in [1.807, 2.05) is 0 Å². The number of hydrogen-bond donors (Lipinski definition) is 0. The molecule has 2 heterocycles. The Hall–Kier alpha value is -8.66. The molecule has 0 amide bonds. The highest BCUT2D eigenvalue weighted by Crippen LogP contribution is 2.41. The topological polar surface area (TPSA) is 21.3 Å². The summed E-state index contributed by atoms with van der Waals surface area (Å²) in [5.41, 5.74) is 15.6. The molecule has 0 radical (unpaired) electrons. The zero-order chi connectivity index (χ0) is 42.8. The van der Waals surface area contributed by atoms with Crippen molar-refractivity contribution in [2.24, 2.45) is 0 Å². The van der Waals surface area contributed by atoms with Crippen LogP contribution in [0.3, 0.4) is 0 Å². The summed E-state index contributed by atoms with van der Waals surface area (Å²) in [6, 6.07) is 87.6. The Kier molecular flexibility index (Phi) is 8.53. The van der Waals surface area contributed by atoms with E-state index in [1.54, 1.807) is 0 Å². The number of hydrogen-bond acceptors (Lipinski definition) is 2. The average molecular weight is 829 g/mol. The molecule has 0 aliphatic carbocycles. The summed E-state index contributed by atoms with van der Waals surface area (Å²) in [5, 5.41) is 9.61. The molecule has 0 aliphatic heterocycles. The first kappa shape index (κ1) is 36.9. The lowest BCUT2D eigenvalue weighted by Gasteiger charge is -2.26. The highest BCUT2D eigenvalue weighted by molar-refractivity contribution is 6.15. The van der Waals surface area contributed by atoms with E-state index in [2.05, 4.69) is 252 Å². The van der Waals surface area contributed by atoms with Gasteiger partial charge in [-0.3, -0.25) is 0 Å². The van der Waals surface area contributed by atoms with Gasteiger partial charge in [0, 0.05) is 49.7 Å². The molecule has 0 bridgehead atoms. The van der Waals surface area contributed by atoms with Crippen LogP contribution in [0.25, 0.3) is 104 Å². The first-order valence-electron chi connectivity index (χ1n) is 22.2. The van der Waals surface area contributed by atoms with Crippen LogP contribution in [0.2, 0.25) is 0 Å². The molecule has 0 fully saturated rings. The van der Waals surface area contributed by atoms with Crippen LogP contribution in [0.15, 0.2) is 247 Å². The third-order valence-electron chi connectivity index (χ3n) is 13.2. The Bertz CT molecular complexity index is 3870. The van der Waals surface area contributed by atoms with Crippen molar-refractivity contribution in [1.29, 1.82) is 0 Å². The molecule has 0 unspecified atom stereocenters. The summed E-state index contributed by atoms with van der Waals surface area (Å²) < 4.78 is 8.94. The Labute approximate surface area is 376 Å². The van der Waals surface area contributed by atoms with E-state index in [0.29, 0.717) is 0 Å². The summed E-state index contributed by atoms with van der Waals surface area (Å²) in [6.07, 6.45) is 0. The van der Waals surface area contributed by atoms with Crippen molar-refractivity contribution in [3.63, 3.8) is 0 Å². The molecule has 0 N–H and O–H groups in total. The van der Waals surface area contributed by atoms with Gasteiger partial charge in [0.05, 0.1) is 11.0 Å². The standard InChI is InChI=1S/C62H40N2O/c1-3-16-52-43(11-1)13-10-20-53(52)45-27-35-50(36-28-45)63(49-33-25-42(26-34-49)47-30-37-57-58-38-29-44-12-2-4-17-54(44)62(58)65-61(57)40-47)48-31-23-41(24-32-48)46-14-9-15-51(39-46)64-59-21-7-5-18-55(59)56-19-6-8-22-60(56)64/h1-40H. The Morgan fingerprint density at radius 3 is 1.46 bits per heavy atom. The second-order valence-corrected chi connectivity index (χ2v) is 16.9. The lowest BCUT2D eigenvalue weighted by molar-refractivity contribution is 0.673. The van der Waals surface area contributed by atoms with E-state index in [4.69, 9.17) is 4.42 Å². The normalized spacial score (nSPS) is 11.7. The Balaban J connectivity index is 0.875. The fourth-order valence-electron chi connectivity index (χ4n) is 10.0. The number of anilines is 3. The smallest absolute Gasteiger partial charge is 0.143 e. The van der Waals surface area contributed by atoms with Crippen LogP contribution in [0.4, 0.5) is 17.1 Å². The van der Waals surface area contributed by atoms with Crippen molar-refractivity contribution in [2.75, 3.05) is 4.90 Å². The molecule has 2 aromatic heterocycles. The third kappa shape index (κ3) is 6.20. The fraction of sp³-hybridized carbons (Fsp3) is 0. The number of fused-ring (bicyclic) bond motifs is 9. The number of para-hydroxylation sites is 2. The largest absolute Gasteiger partial charge is 0.455 e. The van der Waals surface area contributed by atoms with Gasteiger partial charge in [-0.15, -0.1) is 0 Å². The summed E-state index contributed by atoms with van der Waals surface area (Å²) in [6.45, 7) is 0. The molecular weight excluding hydrogens is 789 g/mol. The zero-order valence-corrected chi connectivity index (χ0v) is 35.4. The Morgan fingerprint density at radius 2 is 0.800 bits per heavy atom. The van der Waals surface area contributed by atoms with Crippen molar-refractivity contribution in [3.8, 4) is 39.1 Å². The lowest BCUT2D eigenvalue weighted by atomic mass is 9.98. The zero-order valence-electron chi connectivity index (χ0n) is 35.4. The molecule has 0 saturated carbocycles. The van der Waals surface area contributed by atoms with E-state index in [1.165, 1.54) is 54.7 Å². The quantitative estimate of drug-likeness (QED) is 0.160. The SMILES string of the molecule is c1cc(-c2ccc(N(c3ccc(-c4ccc5c(c4)oc4c6ccccc6ccc54)cc3)c3ccc(-c4cccc5ccccc45)cc3)cc2)cc(-n2c3ccccc3c3ccccc32)c1. The van der Waals surface area contributed by atoms with Gasteiger partial charge in [0.15, 0.2) is 0 Å². The molecule has 0 spiro atoms. The fourth-order valence-corrected chi connectivity index (χ4v) is 10.0. The predicted molar refractivity (Wildman–Crippen MR) is 274 cm³/mol. The molecule has 65 heavy (non-hydrogen) atoms. The van der Waals surface area contributed by atoms with Crippen LogP contribution in [0, 0.1) is 0 Å². The van der Waals surface area contributed by atoms with Crippen molar-refractivity contribution >= 4 is 82.4 Å². The summed E-state index contributed by atoms with van der Waals surface area (Å²) >= 11 is 0. The highest BCUT2D eigenvalue weighted by atomic mass is 16.3. The lowest BCUT2D eigenvalue weighted by Crippen LogP contribution is -2.09. The number of aromatic nitrogens is 1. The van der Waals surface area contributed by atoms with E-state index < -0.39 is 0 Å². The van der Waals surface area contributed by atoms with Gasteiger partial charge < -0.3 is 13.9 Å². The van der Waals surface area contributed by atoms with Gasteiger partial charge >= 0.3 is 0 Å². The van der Waals surface area contributed by atoms with Gasteiger partial charge in [0.2, 0.25) is 0 Å². The summed E-state index contributed by atoms with van der Waals surface area (Å²) in [4.78, 5) is 2.35. The molecule has 13 rings (SSSR count). The van der Waals surface area contributed by atoms with Crippen LogP contribution in [0.5, 0.6) is 0 Å². The first-order chi connectivity index (χ1) is 32.2. The molecule has 3 heteroatoms. The number of benzene rings is 11. The van der Waals surface area contributed by atoms with Crippen molar-refractivity contribution < 1.29 is 4.42 Å². The van der Waals surface area contributed by atoms with Gasteiger partial charge in [0.25, 0.3) is 0 Å². The molecule has 3 nitrogen and oxygen atoms in total. The van der Waals surface area contributed by atoms with Crippen LogP contribution in [-0.2, 0) is 0 Å². The maximum absolute atomic E-state index is 6.56. The molecule has 13 aromatic rings. The van der Waals surface area contributed by atoms with E-state index in [-0.39, 0.29) is 0 Å². The van der Waals surface area contributed by atoms with Crippen molar-refractivity contribution in [1.82, 2.24) is 4.57 Å². The number of furan rings is 1. The second kappa shape index (κ2) is 15.0. The summed E-state index contributed by atoms with van der Waals surface area (Å²) in [5.74, 6) is 0. The van der Waals surface area contributed by atoms with Crippen LogP contribution in [0.1, 0.15) is 0 Å². The molecule has 0 aliphatic rings. The van der Waals surface area contributed by atoms with Crippen LogP contribution in [-0.4, -0.2) is 4.57 Å². The molecule has 11 aromatic carbocycles. The van der Waals surface area contributed by atoms with E-state index in [9.17, 15) is 0 Å². The molecular formula is C62H40N2O.